The SMILES string of the molecule is CCCCCCN.[CH2]CCCCC. The van der Waals surface area contributed by atoms with E-state index in [2.05, 4.69) is 20.8 Å². The maximum Gasteiger partial charge on any atom is -0.00773 e. The maximum atomic E-state index is 5.27. The fraction of sp³-hybridized carbons (Fsp3) is 0.917. The molecule has 0 amide bonds. The molecule has 0 unspecified atom stereocenters. The second kappa shape index (κ2) is 17.9. The highest BCUT2D eigenvalue weighted by Crippen LogP contribution is 1.95. The van der Waals surface area contributed by atoms with Crippen LogP contribution in [0.1, 0.15) is 65.2 Å². The van der Waals surface area contributed by atoms with Gasteiger partial charge in [0.25, 0.3) is 0 Å². The number of rotatable bonds is 7. The highest BCUT2D eigenvalue weighted by molar-refractivity contribution is 4.39. The molecule has 0 aromatic carbocycles. The highest BCUT2D eigenvalue weighted by Gasteiger charge is 1.80. The standard InChI is InChI=1S/C6H15N.C6H13/c1-2-3-4-5-6-7;1-3-5-6-4-2/h2-7H2,1H3;1,3-6H2,2H3. The first-order valence-corrected chi connectivity index (χ1v) is 5.82. The first-order chi connectivity index (χ1) is 6.33. The topological polar surface area (TPSA) is 26.0 Å². The van der Waals surface area contributed by atoms with Crippen LogP contribution < -0.4 is 5.73 Å². The molecular formula is C12H28N. The zero-order chi connectivity index (χ0) is 10.4. The minimum Gasteiger partial charge on any atom is -0.330 e. The monoisotopic (exact) mass is 186 g/mol. The van der Waals surface area contributed by atoms with Crippen molar-refractivity contribution in [1.29, 1.82) is 0 Å². The highest BCUT2D eigenvalue weighted by atomic mass is 14.5. The fourth-order valence-electron chi connectivity index (χ4n) is 0.998. The normalized spacial score (nSPS) is 9.23. The van der Waals surface area contributed by atoms with E-state index in [1.807, 2.05) is 0 Å². The Morgan fingerprint density at radius 1 is 0.846 bits per heavy atom. The predicted molar refractivity (Wildman–Crippen MR) is 62.7 cm³/mol. The molecule has 0 rings (SSSR count). The fourth-order valence-corrected chi connectivity index (χ4v) is 0.998. The van der Waals surface area contributed by atoms with Crippen molar-refractivity contribution in [3.8, 4) is 0 Å². The Morgan fingerprint density at radius 3 is 1.69 bits per heavy atom. The van der Waals surface area contributed by atoms with Crippen LogP contribution in [-0.4, -0.2) is 6.54 Å². The molecule has 13 heavy (non-hydrogen) atoms. The minimum absolute atomic E-state index is 0.861. The van der Waals surface area contributed by atoms with Crippen LogP contribution in [0.15, 0.2) is 0 Å². The zero-order valence-electron chi connectivity index (χ0n) is 9.65. The van der Waals surface area contributed by atoms with Crippen LogP contribution in [-0.2, 0) is 0 Å². The average Bonchev–Trinajstić information content (AvgIpc) is 2.17. The second-order valence-corrected chi connectivity index (χ2v) is 3.41. The van der Waals surface area contributed by atoms with Gasteiger partial charge in [-0.25, -0.2) is 0 Å². The molecule has 0 aromatic heterocycles. The molecule has 1 heteroatoms. The summed E-state index contributed by atoms with van der Waals surface area (Å²) >= 11 is 0. The van der Waals surface area contributed by atoms with Gasteiger partial charge in [0.1, 0.15) is 0 Å². The van der Waals surface area contributed by atoms with Gasteiger partial charge in [0.15, 0.2) is 0 Å². The first-order valence-electron chi connectivity index (χ1n) is 5.82. The Hall–Kier alpha value is -0.0400. The van der Waals surface area contributed by atoms with E-state index in [-0.39, 0.29) is 0 Å². The van der Waals surface area contributed by atoms with Gasteiger partial charge >= 0.3 is 0 Å². The van der Waals surface area contributed by atoms with Crippen molar-refractivity contribution in [2.45, 2.75) is 65.2 Å². The lowest BCUT2D eigenvalue weighted by atomic mass is 10.2. The first kappa shape index (κ1) is 15.4. The van der Waals surface area contributed by atoms with Crippen molar-refractivity contribution in [3.63, 3.8) is 0 Å². The van der Waals surface area contributed by atoms with E-state index in [0.29, 0.717) is 0 Å². The van der Waals surface area contributed by atoms with E-state index in [0.717, 1.165) is 13.0 Å². The van der Waals surface area contributed by atoms with E-state index >= 15 is 0 Å². The van der Waals surface area contributed by atoms with Crippen LogP contribution in [0, 0.1) is 6.92 Å². The van der Waals surface area contributed by atoms with Crippen LogP contribution in [0.5, 0.6) is 0 Å². The van der Waals surface area contributed by atoms with Crippen molar-refractivity contribution in [3.05, 3.63) is 6.92 Å². The van der Waals surface area contributed by atoms with Crippen LogP contribution in [0.2, 0.25) is 0 Å². The van der Waals surface area contributed by atoms with Gasteiger partial charge in [-0.3, -0.25) is 0 Å². The van der Waals surface area contributed by atoms with Gasteiger partial charge in [-0.1, -0.05) is 65.7 Å². The molecule has 1 radical (unpaired) electrons. The summed E-state index contributed by atoms with van der Waals surface area (Å²) in [6.07, 6.45) is 10.2. The Morgan fingerprint density at radius 2 is 1.38 bits per heavy atom. The summed E-state index contributed by atoms with van der Waals surface area (Å²) < 4.78 is 0. The third kappa shape index (κ3) is 24.5. The van der Waals surface area contributed by atoms with Crippen LogP contribution in [0.3, 0.4) is 0 Å². The summed E-state index contributed by atoms with van der Waals surface area (Å²) in [5, 5.41) is 0. The number of nitrogens with two attached hydrogens (primary N) is 1. The Kier molecular flexibility index (Phi) is 21.2. The van der Waals surface area contributed by atoms with Crippen molar-refractivity contribution in [2.75, 3.05) is 6.54 Å². The Bertz CT molecular complexity index is 54.1. The van der Waals surface area contributed by atoms with Crippen molar-refractivity contribution in [2.24, 2.45) is 5.73 Å². The van der Waals surface area contributed by atoms with Gasteiger partial charge in [0.05, 0.1) is 0 Å². The van der Waals surface area contributed by atoms with Gasteiger partial charge in [-0.2, -0.15) is 0 Å². The van der Waals surface area contributed by atoms with Crippen LogP contribution in [0.4, 0.5) is 0 Å². The summed E-state index contributed by atoms with van der Waals surface area (Å²) in [5.74, 6) is 0. The molecule has 0 atom stereocenters. The second-order valence-electron chi connectivity index (χ2n) is 3.41. The minimum atomic E-state index is 0.861. The maximum absolute atomic E-state index is 5.27. The summed E-state index contributed by atoms with van der Waals surface area (Å²) in [6, 6.07) is 0. The molecule has 0 bridgehead atoms. The molecule has 0 heterocycles. The van der Waals surface area contributed by atoms with E-state index < -0.39 is 0 Å². The molecule has 0 aliphatic heterocycles. The summed E-state index contributed by atoms with van der Waals surface area (Å²) in [4.78, 5) is 0. The molecule has 0 aromatic rings. The van der Waals surface area contributed by atoms with Crippen LogP contribution >= 0.6 is 0 Å². The van der Waals surface area contributed by atoms with Crippen LogP contribution in [0.25, 0.3) is 0 Å². The smallest absolute Gasteiger partial charge is 0.00773 e. The van der Waals surface area contributed by atoms with Crippen molar-refractivity contribution >= 4 is 0 Å². The summed E-state index contributed by atoms with van der Waals surface area (Å²) in [6.45, 7) is 8.99. The van der Waals surface area contributed by atoms with Gasteiger partial charge in [0, 0.05) is 0 Å². The van der Waals surface area contributed by atoms with Gasteiger partial charge < -0.3 is 5.73 Å². The van der Waals surface area contributed by atoms with E-state index in [1.54, 1.807) is 0 Å². The third-order valence-corrected chi connectivity index (χ3v) is 1.91. The number of hydrogen-bond acceptors (Lipinski definition) is 1. The lowest BCUT2D eigenvalue weighted by Gasteiger charge is -1.90. The lowest BCUT2D eigenvalue weighted by Crippen LogP contribution is -1.97. The molecule has 0 spiro atoms. The van der Waals surface area contributed by atoms with Gasteiger partial charge in [-0.15, -0.1) is 0 Å². The van der Waals surface area contributed by atoms with Crippen molar-refractivity contribution in [1.82, 2.24) is 0 Å². The number of hydrogen-bond donors (Lipinski definition) is 1. The molecule has 2 N–H and O–H groups in total. The molecule has 0 saturated carbocycles. The molecule has 0 aliphatic carbocycles. The van der Waals surface area contributed by atoms with E-state index in [9.17, 15) is 0 Å². The lowest BCUT2D eigenvalue weighted by molar-refractivity contribution is 0.674. The number of unbranched alkanes of at least 4 members (excludes halogenated alkanes) is 6. The van der Waals surface area contributed by atoms with Crippen molar-refractivity contribution < 1.29 is 0 Å². The predicted octanol–water partition coefficient (Wildman–Crippen LogP) is 3.93. The Labute approximate surface area is 85.1 Å². The van der Waals surface area contributed by atoms with E-state index in [4.69, 9.17) is 5.73 Å². The van der Waals surface area contributed by atoms with Gasteiger partial charge in [0.2, 0.25) is 0 Å². The summed E-state index contributed by atoms with van der Waals surface area (Å²) in [5.41, 5.74) is 5.27. The molecule has 0 fully saturated rings. The molecule has 0 aliphatic rings. The quantitative estimate of drug-likeness (QED) is 0.599. The van der Waals surface area contributed by atoms with E-state index in [1.165, 1.54) is 44.9 Å². The molecule has 81 valence electrons. The third-order valence-electron chi connectivity index (χ3n) is 1.91. The largest absolute Gasteiger partial charge is 0.330 e. The molecule has 1 nitrogen and oxygen atoms in total. The average molecular weight is 186 g/mol. The summed E-state index contributed by atoms with van der Waals surface area (Å²) in [7, 11) is 0. The molecular weight excluding hydrogens is 158 g/mol. The molecule has 0 saturated heterocycles. The van der Waals surface area contributed by atoms with Gasteiger partial charge in [-0.05, 0) is 13.0 Å². The Balaban J connectivity index is 0. The zero-order valence-corrected chi connectivity index (χ0v) is 9.65.